The lowest BCUT2D eigenvalue weighted by Crippen LogP contribution is -2.30. The van der Waals surface area contributed by atoms with Crippen LogP contribution in [0.2, 0.25) is 5.02 Å². The molecule has 5 aromatic carbocycles. The van der Waals surface area contributed by atoms with E-state index in [2.05, 4.69) is 16.0 Å². The second-order valence-electron chi connectivity index (χ2n) is 10.4. The van der Waals surface area contributed by atoms with Crippen LogP contribution in [-0.4, -0.2) is 29.8 Å². The summed E-state index contributed by atoms with van der Waals surface area (Å²) >= 11 is 7.54. The summed E-state index contributed by atoms with van der Waals surface area (Å²) in [7, 11) is 1.51. The van der Waals surface area contributed by atoms with Gasteiger partial charge in [0.15, 0.2) is 0 Å². The Morgan fingerprint density at radius 3 is 2.18 bits per heavy atom. The van der Waals surface area contributed by atoms with Crippen molar-refractivity contribution in [3.8, 4) is 5.75 Å². The summed E-state index contributed by atoms with van der Waals surface area (Å²) in [5.74, 6) is -1.10. The number of amides is 3. The molecular weight excluding hydrogens is 664 g/mol. The molecule has 5 aromatic rings. The maximum absolute atomic E-state index is 13.6. The van der Waals surface area contributed by atoms with E-state index in [1.165, 1.54) is 43.1 Å². The largest absolute Gasteiger partial charge is 0.495 e. The highest BCUT2D eigenvalue weighted by atomic mass is 35.5. The molecule has 0 spiro atoms. The Kier molecular flexibility index (Phi) is 11.4. The number of rotatable bonds is 12. The Labute approximate surface area is 291 Å². The summed E-state index contributed by atoms with van der Waals surface area (Å²) < 4.78 is 5.21. The van der Waals surface area contributed by atoms with E-state index in [0.29, 0.717) is 32.6 Å². The van der Waals surface area contributed by atoms with Gasteiger partial charge >= 0.3 is 0 Å². The van der Waals surface area contributed by atoms with Crippen LogP contribution in [0.3, 0.4) is 0 Å². The predicted molar refractivity (Wildman–Crippen MR) is 192 cm³/mol. The van der Waals surface area contributed by atoms with Crippen molar-refractivity contribution in [2.75, 3.05) is 17.7 Å². The van der Waals surface area contributed by atoms with Gasteiger partial charge in [0.25, 0.3) is 17.5 Å². The zero-order valence-electron chi connectivity index (χ0n) is 26.0. The van der Waals surface area contributed by atoms with E-state index < -0.39 is 22.0 Å². The van der Waals surface area contributed by atoms with Crippen LogP contribution in [-0.2, 0) is 9.59 Å². The van der Waals surface area contributed by atoms with Gasteiger partial charge in [0.05, 0.1) is 22.6 Å². The summed E-state index contributed by atoms with van der Waals surface area (Å²) in [6, 6.07) is 35.2. The van der Waals surface area contributed by atoms with Crippen LogP contribution in [0, 0.1) is 10.1 Å². The maximum atomic E-state index is 13.6. The number of anilines is 2. The van der Waals surface area contributed by atoms with Gasteiger partial charge in [-0.25, -0.2) is 0 Å². The number of carbonyl (C=O) groups is 3. The molecule has 49 heavy (non-hydrogen) atoms. The Hall–Kier alpha value is -5.91. The Bertz CT molecular complexity index is 2020. The molecule has 3 N–H and O–H groups in total. The quantitative estimate of drug-likeness (QED) is 0.0519. The first-order chi connectivity index (χ1) is 23.7. The minimum Gasteiger partial charge on any atom is -0.495 e. The minimum atomic E-state index is -0.710. The van der Waals surface area contributed by atoms with Gasteiger partial charge in [0.2, 0.25) is 5.91 Å². The van der Waals surface area contributed by atoms with E-state index in [4.69, 9.17) is 16.3 Å². The molecule has 246 valence electrons. The van der Waals surface area contributed by atoms with E-state index in [1.54, 1.807) is 78.9 Å². The monoisotopic (exact) mass is 692 g/mol. The lowest BCUT2D eigenvalue weighted by molar-refractivity contribution is -0.385. The van der Waals surface area contributed by atoms with Crippen molar-refractivity contribution in [1.29, 1.82) is 0 Å². The van der Waals surface area contributed by atoms with Crippen molar-refractivity contribution in [2.24, 2.45) is 0 Å². The fourth-order valence-electron chi connectivity index (χ4n) is 4.71. The topological polar surface area (TPSA) is 140 Å². The molecule has 0 aliphatic rings. The number of hydrogen-bond acceptors (Lipinski definition) is 7. The molecule has 0 saturated heterocycles. The number of nitro benzene ring substituents is 1. The molecule has 12 heteroatoms. The van der Waals surface area contributed by atoms with Crippen molar-refractivity contribution < 1.29 is 24.0 Å². The van der Waals surface area contributed by atoms with Crippen LogP contribution >= 0.6 is 23.4 Å². The van der Waals surface area contributed by atoms with Gasteiger partial charge in [-0.15, -0.1) is 11.8 Å². The number of nitrogens with zero attached hydrogens (tertiary/aromatic N) is 1. The number of halogens is 1. The summed E-state index contributed by atoms with van der Waals surface area (Å²) in [5, 5.41) is 19.6. The summed E-state index contributed by atoms with van der Waals surface area (Å²) in [6.07, 6.45) is 1.26. The SMILES string of the molecule is COc1ccc(NC(=O)C(Sc2cccc(NC(=O)/C(=C\c3ccccc3[N+](=O)[O-])NC(=O)c3ccccc3)c2)c2ccccc2)cc1Cl. The van der Waals surface area contributed by atoms with Crippen LogP contribution in [0.1, 0.15) is 26.7 Å². The standard InChI is InChI=1S/C37H29ClN4O6S/c1-48-33-20-19-28(23-30(33)38)40-37(45)34(24-11-4-2-5-12-24)49-29-17-10-16-27(22-29)39-36(44)31(41-35(43)25-13-6-3-7-14-25)21-26-15-8-9-18-32(26)42(46)47/h2-23,34H,1H3,(H,39,44)(H,40,45)(H,41,43)/b31-21+. The molecular formula is C37H29ClN4O6S. The van der Waals surface area contributed by atoms with Gasteiger partial charge in [0, 0.05) is 27.9 Å². The van der Waals surface area contributed by atoms with E-state index in [1.807, 2.05) is 30.3 Å². The Morgan fingerprint density at radius 1 is 0.816 bits per heavy atom. The van der Waals surface area contributed by atoms with E-state index >= 15 is 0 Å². The van der Waals surface area contributed by atoms with Crippen molar-refractivity contribution in [3.63, 3.8) is 0 Å². The summed E-state index contributed by atoms with van der Waals surface area (Å²) in [5.41, 5.74) is 1.59. The zero-order valence-corrected chi connectivity index (χ0v) is 27.5. The second-order valence-corrected chi connectivity index (χ2v) is 12.0. The summed E-state index contributed by atoms with van der Waals surface area (Å²) in [4.78, 5) is 52.1. The van der Waals surface area contributed by atoms with Crippen molar-refractivity contribution >= 4 is 64.2 Å². The predicted octanol–water partition coefficient (Wildman–Crippen LogP) is 8.14. The molecule has 0 radical (unpaired) electrons. The third-order valence-corrected chi connectivity index (χ3v) is 8.61. The smallest absolute Gasteiger partial charge is 0.276 e. The number of nitro groups is 1. The Balaban J connectivity index is 1.40. The number of nitrogens with one attached hydrogen (secondary N) is 3. The van der Waals surface area contributed by atoms with Crippen LogP contribution in [0.5, 0.6) is 5.75 Å². The molecule has 0 fully saturated rings. The van der Waals surface area contributed by atoms with Gasteiger partial charge in [-0.05, 0) is 66.2 Å². The highest BCUT2D eigenvalue weighted by Gasteiger charge is 2.23. The average molecular weight is 693 g/mol. The molecule has 0 heterocycles. The zero-order chi connectivity index (χ0) is 34.8. The van der Waals surface area contributed by atoms with Gasteiger partial charge in [-0.3, -0.25) is 24.5 Å². The van der Waals surface area contributed by atoms with Gasteiger partial charge in [-0.2, -0.15) is 0 Å². The molecule has 1 atom stereocenters. The minimum absolute atomic E-state index is 0.130. The molecule has 0 aliphatic carbocycles. The van der Waals surface area contributed by atoms with Crippen LogP contribution in [0.4, 0.5) is 17.1 Å². The van der Waals surface area contributed by atoms with E-state index in [9.17, 15) is 24.5 Å². The molecule has 5 rings (SSSR count). The molecule has 0 aromatic heterocycles. The summed E-state index contributed by atoms with van der Waals surface area (Å²) in [6.45, 7) is 0. The lowest BCUT2D eigenvalue weighted by Gasteiger charge is -2.18. The number of benzene rings is 5. The van der Waals surface area contributed by atoms with E-state index in [-0.39, 0.29) is 22.9 Å². The first kappa shape index (κ1) is 34.4. The van der Waals surface area contributed by atoms with Gasteiger partial charge < -0.3 is 20.7 Å². The van der Waals surface area contributed by atoms with Gasteiger partial charge in [-0.1, -0.05) is 78.3 Å². The number of thioether (sulfide) groups is 1. The molecule has 0 saturated carbocycles. The number of hydrogen-bond donors (Lipinski definition) is 3. The molecule has 0 aliphatic heterocycles. The second kappa shape index (κ2) is 16.3. The van der Waals surface area contributed by atoms with Crippen molar-refractivity contribution in [1.82, 2.24) is 5.32 Å². The van der Waals surface area contributed by atoms with E-state index in [0.717, 1.165) is 5.56 Å². The maximum Gasteiger partial charge on any atom is 0.276 e. The fraction of sp³-hybridized carbons (Fsp3) is 0.0541. The van der Waals surface area contributed by atoms with Crippen LogP contribution < -0.4 is 20.7 Å². The molecule has 1 unspecified atom stereocenters. The molecule has 10 nitrogen and oxygen atoms in total. The third kappa shape index (κ3) is 9.13. The van der Waals surface area contributed by atoms with Crippen molar-refractivity contribution in [3.05, 3.63) is 165 Å². The lowest BCUT2D eigenvalue weighted by atomic mass is 10.1. The van der Waals surface area contributed by atoms with Crippen LogP contribution in [0.25, 0.3) is 6.08 Å². The normalized spacial score (nSPS) is 11.6. The first-order valence-electron chi connectivity index (χ1n) is 14.8. The number of para-hydroxylation sites is 1. The molecule has 3 amide bonds. The van der Waals surface area contributed by atoms with Gasteiger partial charge in [0.1, 0.15) is 16.7 Å². The Morgan fingerprint density at radius 2 is 1.49 bits per heavy atom. The average Bonchev–Trinajstić information content (AvgIpc) is 3.11. The fourth-order valence-corrected chi connectivity index (χ4v) is 6.05. The highest BCUT2D eigenvalue weighted by Crippen LogP contribution is 2.38. The first-order valence-corrected chi connectivity index (χ1v) is 16.1. The van der Waals surface area contributed by atoms with Crippen LogP contribution in [0.15, 0.2) is 138 Å². The number of carbonyl (C=O) groups excluding carboxylic acids is 3. The molecule has 0 bridgehead atoms. The number of ether oxygens (including phenoxy) is 1. The third-order valence-electron chi connectivity index (χ3n) is 7.07. The van der Waals surface area contributed by atoms with Crippen molar-refractivity contribution in [2.45, 2.75) is 10.1 Å². The number of methoxy groups -OCH3 is 1. The highest BCUT2D eigenvalue weighted by molar-refractivity contribution is 8.00.